The molecule has 2 fully saturated rings. The summed E-state index contributed by atoms with van der Waals surface area (Å²) in [6, 6.07) is 9.09. The summed E-state index contributed by atoms with van der Waals surface area (Å²) in [6.45, 7) is 5.40. The van der Waals surface area contributed by atoms with Gasteiger partial charge in [0.1, 0.15) is 0 Å². The van der Waals surface area contributed by atoms with Crippen molar-refractivity contribution in [1.29, 1.82) is 0 Å². The molecule has 2 heterocycles. The zero-order chi connectivity index (χ0) is 20.2. The minimum absolute atomic E-state index is 0.291. The highest BCUT2D eigenvalue weighted by Crippen LogP contribution is 2.33. The predicted molar refractivity (Wildman–Crippen MR) is 117 cm³/mol. The first-order chi connectivity index (χ1) is 14.1. The van der Waals surface area contributed by atoms with Gasteiger partial charge in [0.05, 0.1) is 5.69 Å². The molecule has 2 aromatic rings. The molecule has 1 aromatic carbocycles. The van der Waals surface area contributed by atoms with Gasteiger partial charge in [-0.05, 0) is 37.2 Å². The van der Waals surface area contributed by atoms with Crippen molar-refractivity contribution in [1.82, 2.24) is 20.0 Å². The first-order valence-corrected chi connectivity index (χ1v) is 11.3. The number of hydrogen-bond donors (Lipinski definition) is 1. The van der Waals surface area contributed by atoms with Gasteiger partial charge in [0.15, 0.2) is 0 Å². The summed E-state index contributed by atoms with van der Waals surface area (Å²) in [5.74, 6) is 1.44. The summed E-state index contributed by atoms with van der Waals surface area (Å²) in [7, 11) is 1.98. The van der Waals surface area contributed by atoms with Crippen LogP contribution in [-0.4, -0.2) is 40.2 Å². The van der Waals surface area contributed by atoms with E-state index >= 15 is 0 Å². The van der Waals surface area contributed by atoms with Gasteiger partial charge in [0.2, 0.25) is 5.91 Å². The molecule has 156 valence electrons. The van der Waals surface area contributed by atoms with Crippen molar-refractivity contribution >= 4 is 5.91 Å². The molecule has 0 bridgehead atoms. The summed E-state index contributed by atoms with van der Waals surface area (Å²) in [5, 5.41) is 8.29. The Kier molecular flexibility index (Phi) is 6.34. The van der Waals surface area contributed by atoms with Crippen LogP contribution in [0.2, 0.25) is 0 Å². The zero-order valence-corrected chi connectivity index (χ0v) is 17.9. The zero-order valence-electron chi connectivity index (χ0n) is 17.9. The fraction of sp³-hybridized carbons (Fsp3) is 0.583. The number of amides is 1. The number of aryl methyl sites for hydroxylation is 1. The molecule has 1 saturated carbocycles. The molecule has 1 N–H and O–H groups in total. The summed E-state index contributed by atoms with van der Waals surface area (Å²) in [5.41, 5.74) is 4.95. The largest absolute Gasteiger partial charge is 0.343 e. The number of hydrogen-bond acceptors (Lipinski definition) is 3. The van der Waals surface area contributed by atoms with Crippen molar-refractivity contribution in [3.8, 4) is 11.3 Å². The third kappa shape index (κ3) is 4.72. The number of nitrogens with zero attached hydrogens (tertiary/aromatic N) is 3. The van der Waals surface area contributed by atoms with Crippen molar-refractivity contribution < 1.29 is 4.79 Å². The van der Waals surface area contributed by atoms with E-state index in [0.717, 1.165) is 37.8 Å². The highest BCUT2D eigenvalue weighted by molar-refractivity contribution is 5.78. The molecule has 1 amide bonds. The second-order valence-electron chi connectivity index (χ2n) is 8.77. The Morgan fingerprint density at radius 2 is 1.90 bits per heavy atom. The van der Waals surface area contributed by atoms with Crippen molar-refractivity contribution in [3.63, 3.8) is 0 Å². The molecule has 0 spiro atoms. The van der Waals surface area contributed by atoms with Gasteiger partial charge >= 0.3 is 0 Å². The molecule has 1 aliphatic carbocycles. The van der Waals surface area contributed by atoms with Crippen molar-refractivity contribution in [3.05, 3.63) is 41.6 Å². The van der Waals surface area contributed by atoms with Crippen molar-refractivity contribution in [2.75, 3.05) is 19.6 Å². The molecular formula is C24H34N4O. The van der Waals surface area contributed by atoms with E-state index in [-0.39, 0.29) is 0 Å². The van der Waals surface area contributed by atoms with Crippen LogP contribution in [-0.2, 0) is 18.4 Å². The van der Waals surface area contributed by atoms with Gasteiger partial charge < -0.3 is 10.2 Å². The smallest absolute Gasteiger partial charge is 0.222 e. The Morgan fingerprint density at radius 3 is 2.59 bits per heavy atom. The Balaban J connectivity index is 1.38. The molecule has 0 radical (unpaired) electrons. The fourth-order valence-electron chi connectivity index (χ4n) is 4.97. The second kappa shape index (κ2) is 9.12. The minimum Gasteiger partial charge on any atom is -0.343 e. The maximum absolute atomic E-state index is 11.9. The Labute approximate surface area is 174 Å². The van der Waals surface area contributed by atoms with E-state index in [1.807, 2.05) is 16.6 Å². The third-order valence-electron chi connectivity index (χ3n) is 6.59. The average molecular weight is 395 g/mol. The lowest BCUT2D eigenvalue weighted by Crippen LogP contribution is -2.27. The van der Waals surface area contributed by atoms with E-state index in [0.29, 0.717) is 18.2 Å². The Hall–Kier alpha value is -2.14. The predicted octanol–water partition coefficient (Wildman–Crippen LogP) is 4.09. The topological polar surface area (TPSA) is 50.2 Å². The van der Waals surface area contributed by atoms with E-state index in [1.54, 1.807) is 0 Å². The van der Waals surface area contributed by atoms with Crippen LogP contribution in [0.1, 0.15) is 62.5 Å². The van der Waals surface area contributed by atoms with Crippen molar-refractivity contribution in [2.24, 2.45) is 13.0 Å². The summed E-state index contributed by atoms with van der Waals surface area (Å²) in [6.07, 6.45) is 9.56. The van der Waals surface area contributed by atoms with E-state index in [1.165, 1.54) is 48.8 Å². The number of carbonyl (C=O) groups is 1. The first-order valence-electron chi connectivity index (χ1n) is 11.3. The van der Waals surface area contributed by atoms with Gasteiger partial charge in [-0.2, -0.15) is 5.10 Å². The number of aromatic nitrogens is 2. The van der Waals surface area contributed by atoms with Gasteiger partial charge in [0, 0.05) is 57.0 Å². The van der Waals surface area contributed by atoms with Gasteiger partial charge in [-0.25, -0.2) is 0 Å². The molecule has 1 saturated heterocycles. The highest BCUT2D eigenvalue weighted by atomic mass is 16.2. The lowest BCUT2D eigenvalue weighted by molar-refractivity contribution is -0.127. The minimum atomic E-state index is 0.291. The van der Waals surface area contributed by atoms with Crippen LogP contribution in [0, 0.1) is 5.92 Å². The molecule has 4 rings (SSSR count). The third-order valence-corrected chi connectivity index (χ3v) is 6.59. The highest BCUT2D eigenvalue weighted by Gasteiger charge is 2.27. The van der Waals surface area contributed by atoms with E-state index in [4.69, 9.17) is 5.10 Å². The van der Waals surface area contributed by atoms with E-state index in [2.05, 4.69) is 42.7 Å². The molecule has 5 heteroatoms. The second-order valence-corrected chi connectivity index (χ2v) is 8.77. The number of carbonyl (C=O) groups excluding carboxylic acids is 1. The van der Waals surface area contributed by atoms with Crippen LogP contribution >= 0.6 is 0 Å². The Bertz CT molecular complexity index is 820. The monoisotopic (exact) mass is 394 g/mol. The Morgan fingerprint density at radius 1 is 1.14 bits per heavy atom. The maximum atomic E-state index is 11.9. The molecule has 2 aliphatic rings. The van der Waals surface area contributed by atoms with Crippen molar-refractivity contribution in [2.45, 2.75) is 57.9 Å². The molecule has 1 atom stereocenters. The molecule has 1 aromatic heterocycles. The molecule has 1 aliphatic heterocycles. The molecule has 5 nitrogen and oxygen atoms in total. The van der Waals surface area contributed by atoms with Gasteiger partial charge in [-0.1, -0.05) is 43.5 Å². The quantitative estimate of drug-likeness (QED) is 0.769. The van der Waals surface area contributed by atoms with Gasteiger partial charge in [0.25, 0.3) is 0 Å². The summed E-state index contributed by atoms with van der Waals surface area (Å²) >= 11 is 0. The summed E-state index contributed by atoms with van der Waals surface area (Å²) < 4.78 is 1.90. The fourth-order valence-corrected chi connectivity index (χ4v) is 4.97. The standard InChI is InChI=1S/C24H34N4O/c1-3-28-16-18(13-23(28)29)14-25-15-22-17-27(2)26-24(22)21-11-9-20(10-12-21)19-7-5-4-6-8-19/h9-12,17-19,25H,3-8,13-16H2,1-2H3/t18-/m1/s1. The van der Waals surface area contributed by atoms with Crippen LogP contribution in [0.3, 0.4) is 0 Å². The lowest BCUT2D eigenvalue weighted by atomic mass is 9.84. The normalized spacial score (nSPS) is 20.6. The number of rotatable bonds is 7. The average Bonchev–Trinajstić information content (AvgIpc) is 3.30. The van der Waals surface area contributed by atoms with Gasteiger partial charge in [-0.3, -0.25) is 9.48 Å². The maximum Gasteiger partial charge on any atom is 0.222 e. The molecular weight excluding hydrogens is 360 g/mol. The molecule has 29 heavy (non-hydrogen) atoms. The van der Waals surface area contributed by atoms with E-state index in [9.17, 15) is 4.79 Å². The lowest BCUT2D eigenvalue weighted by Gasteiger charge is -2.22. The van der Waals surface area contributed by atoms with Crippen LogP contribution < -0.4 is 5.32 Å². The first kappa shape index (κ1) is 20.1. The van der Waals surface area contributed by atoms with Gasteiger partial charge in [-0.15, -0.1) is 0 Å². The number of benzene rings is 1. The van der Waals surface area contributed by atoms with Crippen LogP contribution in [0.15, 0.2) is 30.5 Å². The number of nitrogens with one attached hydrogen (secondary N) is 1. The van der Waals surface area contributed by atoms with Crippen LogP contribution in [0.25, 0.3) is 11.3 Å². The SMILES string of the molecule is CCN1C[C@@H](CNCc2cn(C)nc2-c2ccc(C3CCCCC3)cc2)CC1=O. The van der Waals surface area contributed by atoms with Crippen LogP contribution in [0.4, 0.5) is 0 Å². The molecule has 0 unspecified atom stereocenters. The van der Waals surface area contributed by atoms with E-state index < -0.39 is 0 Å². The number of likely N-dealkylation sites (tertiary alicyclic amines) is 1. The van der Waals surface area contributed by atoms with Crippen LogP contribution in [0.5, 0.6) is 0 Å². The summed E-state index contributed by atoms with van der Waals surface area (Å²) in [4.78, 5) is 13.9.